The molecule has 0 bridgehead atoms. The lowest BCUT2D eigenvalue weighted by molar-refractivity contribution is -0.658. The van der Waals surface area contributed by atoms with Gasteiger partial charge in [0.2, 0.25) is 0 Å². The fourth-order valence-corrected chi connectivity index (χ4v) is 2.11. The van der Waals surface area contributed by atoms with Crippen LogP contribution in [0, 0.1) is 0 Å². The first-order chi connectivity index (χ1) is 5.70. The molecule has 0 N–H and O–H groups in total. The Morgan fingerprint density at radius 1 is 1.42 bits per heavy atom. The van der Waals surface area contributed by atoms with E-state index in [2.05, 4.69) is 41.5 Å². The first-order valence-electron chi connectivity index (χ1n) is 4.45. The summed E-state index contributed by atoms with van der Waals surface area (Å²) < 4.78 is 4.43. The molecular formula is C9H16N3+. The summed E-state index contributed by atoms with van der Waals surface area (Å²) >= 11 is 0. The Morgan fingerprint density at radius 3 is 2.83 bits per heavy atom. The number of aryl methyl sites for hydroxylation is 2. The van der Waals surface area contributed by atoms with Crippen LogP contribution in [0.15, 0.2) is 6.33 Å². The Kier molecular flexibility index (Phi) is 1.60. The smallest absolute Gasteiger partial charge is 0.258 e. The van der Waals surface area contributed by atoms with E-state index in [1.54, 1.807) is 0 Å². The van der Waals surface area contributed by atoms with Crippen LogP contribution in [-0.2, 0) is 20.5 Å². The third kappa shape index (κ3) is 0.924. The van der Waals surface area contributed by atoms with Gasteiger partial charge in [0, 0.05) is 6.42 Å². The number of anilines is 1. The first-order valence-corrected chi connectivity index (χ1v) is 4.45. The molecule has 2 rings (SSSR count). The normalized spacial score (nSPS) is 16.4. The van der Waals surface area contributed by atoms with Crippen molar-refractivity contribution in [2.24, 2.45) is 14.1 Å². The summed E-state index contributed by atoms with van der Waals surface area (Å²) in [6.45, 7) is 1.19. The summed E-state index contributed by atoms with van der Waals surface area (Å²) in [5.74, 6) is 1.38. The highest BCUT2D eigenvalue weighted by Crippen LogP contribution is 2.21. The van der Waals surface area contributed by atoms with E-state index in [1.807, 2.05) is 0 Å². The number of imidazole rings is 1. The number of hydrogen-bond donors (Lipinski definition) is 0. The molecule has 0 spiro atoms. The van der Waals surface area contributed by atoms with Crippen molar-refractivity contribution >= 4 is 5.82 Å². The molecule has 0 saturated carbocycles. The van der Waals surface area contributed by atoms with Crippen molar-refractivity contribution in [1.29, 1.82) is 0 Å². The second-order valence-corrected chi connectivity index (χ2v) is 3.63. The number of nitrogens with zero attached hydrogens (tertiary/aromatic N) is 3. The number of aromatic nitrogens is 2. The Labute approximate surface area is 73.2 Å². The van der Waals surface area contributed by atoms with Gasteiger partial charge in [0.15, 0.2) is 6.33 Å². The minimum Gasteiger partial charge on any atom is -0.293 e. The van der Waals surface area contributed by atoms with Crippen LogP contribution in [0.3, 0.4) is 0 Å². The van der Waals surface area contributed by atoms with Crippen molar-refractivity contribution < 1.29 is 4.57 Å². The third-order valence-corrected chi connectivity index (χ3v) is 2.63. The lowest BCUT2D eigenvalue weighted by Gasteiger charge is -2.19. The molecule has 0 atom stereocenters. The SMILES string of the molecule is CN1CCCc2c1[n+](C)cn2C. The van der Waals surface area contributed by atoms with Gasteiger partial charge in [0.1, 0.15) is 5.69 Å². The standard InChI is InChI=1S/C9H16N3/c1-10-6-4-5-8-9(10)12(3)7-11(8)2/h7H,4-6H2,1-3H3/q+1. The Hall–Kier alpha value is -0.990. The summed E-state index contributed by atoms with van der Waals surface area (Å²) in [5.41, 5.74) is 1.46. The van der Waals surface area contributed by atoms with E-state index < -0.39 is 0 Å². The Bertz CT molecular complexity index is 301. The maximum absolute atomic E-state index is 2.33. The van der Waals surface area contributed by atoms with Crippen LogP contribution in [0.2, 0.25) is 0 Å². The van der Waals surface area contributed by atoms with Crippen LogP contribution in [0.1, 0.15) is 12.1 Å². The minimum absolute atomic E-state index is 1.19. The highest BCUT2D eigenvalue weighted by Gasteiger charge is 2.26. The molecule has 3 heteroatoms. The molecule has 12 heavy (non-hydrogen) atoms. The molecule has 1 aliphatic heterocycles. The highest BCUT2D eigenvalue weighted by molar-refractivity contribution is 5.40. The van der Waals surface area contributed by atoms with Crippen LogP contribution in [-0.4, -0.2) is 18.2 Å². The zero-order chi connectivity index (χ0) is 8.72. The molecule has 0 radical (unpaired) electrons. The fourth-order valence-electron chi connectivity index (χ4n) is 2.11. The predicted molar refractivity (Wildman–Crippen MR) is 48.2 cm³/mol. The lowest BCUT2D eigenvalue weighted by atomic mass is 10.1. The molecule has 0 aliphatic carbocycles. The van der Waals surface area contributed by atoms with Crippen molar-refractivity contribution in [3.8, 4) is 0 Å². The molecule has 3 nitrogen and oxygen atoms in total. The summed E-state index contributed by atoms with van der Waals surface area (Å²) in [6, 6.07) is 0. The largest absolute Gasteiger partial charge is 0.293 e. The maximum Gasteiger partial charge on any atom is 0.258 e. The molecule has 0 amide bonds. The van der Waals surface area contributed by atoms with Crippen molar-refractivity contribution in [3.63, 3.8) is 0 Å². The summed E-state index contributed by atoms with van der Waals surface area (Å²) in [4.78, 5) is 2.33. The van der Waals surface area contributed by atoms with E-state index in [1.165, 1.54) is 30.9 Å². The summed E-state index contributed by atoms with van der Waals surface area (Å²) in [6.07, 6.45) is 4.64. The fraction of sp³-hybridized carbons (Fsp3) is 0.667. The molecule has 0 aromatic carbocycles. The topological polar surface area (TPSA) is 12.1 Å². The van der Waals surface area contributed by atoms with Crippen molar-refractivity contribution in [2.45, 2.75) is 12.8 Å². The van der Waals surface area contributed by atoms with E-state index >= 15 is 0 Å². The van der Waals surface area contributed by atoms with Gasteiger partial charge in [-0.25, -0.2) is 4.57 Å². The molecule has 1 aliphatic rings. The average Bonchev–Trinajstić information content (AvgIpc) is 2.29. The second-order valence-electron chi connectivity index (χ2n) is 3.63. The summed E-state index contributed by atoms with van der Waals surface area (Å²) in [5, 5.41) is 0. The van der Waals surface area contributed by atoms with Crippen LogP contribution in [0.4, 0.5) is 5.82 Å². The molecule has 1 aromatic rings. The van der Waals surface area contributed by atoms with E-state index in [4.69, 9.17) is 0 Å². The van der Waals surface area contributed by atoms with Gasteiger partial charge in [0.05, 0.1) is 27.7 Å². The van der Waals surface area contributed by atoms with Crippen molar-refractivity contribution in [1.82, 2.24) is 4.57 Å². The quantitative estimate of drug-likeness (QED) is 0.503. The van der Waals surface area contributed by atoms with Crippen molar-refractivity contribution in [3.05, 3.63) is 12.0 Å². The van der Waals surface area contributed by atoms with E-state index in [-0.39, 0.29) is 0 Å². The number of hydrogen-bond acceptors (Lipinski definition) is 1. The van der Waals surface area contributed by atoms with Crippen LogP contribution >= 0.6 is 0 Å². The molecule has 66 valence electrons. The number of rotatable bonds is 0. The molecule has 0 unspecified atom stereocenters. The molecular weight excluding hydrogens is 150 g/mol. The molecule has 0 saturated heterocycles. The van der Waals surface area contributed by atoms with Gasteiger partial charge in [-0.2, -0.15) is 0 Å². The maximum atomic E-state index is 2.33. The first kappa shape index (κ1) is 7.65. The van der Waals surface area contributed by atoms with Crippen LogP contribution in [0.5, 0.6) is 0 Å². The van der Waals surface area contributed by atoms with Gasteiger partial charge < -0.3 is 0 Å². The van der Waals surface area contributed by atoms with Gasteiger partial charge in [0.25, 0.3) is 5.82 Å². The van der Waals surface area contributed by atoms with Crippen LogP contribution in [0.25, 0.3) is 0 Å². The van der Waals surface area contributed by atoms with Gasteiger partial charge in [-0.3, -0.25) is 9.47 Å². The van der Waals surface area contributed by atoms with Crippen molar-refractivity contribution in [2.75, 3.05) is 18.5 Å². The van der Waals surface area contributed by atoms with E-state index in [0.29, 0.717) is 0 Å². The zero-order valence-corrected chi connectivity index (χ0v) is 8.04. The molecule has 0 fully saturated rings. The second kappa shape index (κ2) is 2.51. The van der Waals surface area contributed by atoms with Gasteiger partial charge in [-0.05, 0) is 6.42 Å². The Morgan fingerprint density at radius 2 is 2.17 bits per heavy atom. The van der Waals surface area contributed by atoms with E-state index in [0.717, 1.165) is 0 Å². The molecule has 2 heterocycles. The summed E-state index contributed by atoms with van der Waals surface area (Å²) in [7, 11) is 6.40. The van der Waals surface area contributed by atoms with E-state index in [9.17, 15) is 0 Å². The Balaban J connectivity index is 2.55. The van der Waals surface area contributed by atoms with Gasteiger partial charge in [-0.15, -0.1) is 0 Å². The third-order valence-electron chi connectivity index (χ3n) is 2.63. The van der Waals surface area contributed by atoms with Gasteiger partial charge in [-0.1, -0.05) is 0 Å². The van der Waals surface area contributed by atoms with Gasteiger partial charge >= 0.3 is 0 Å². The monoisotopic (exact) mass is 166 g/mol. The molecule has 1 aromatic heterocycles. The van der Waals surface area contributed by atoms with Crippen LogP contribution < -0.4 is 9.47 Å². The number of fused-ring (bicyclic) bond motifs is 1. The predicted octanol–water partition coefficient (Wildman–Crippen LogP) is 0.232. The highest BCUT2D eigenvalue weighted by atomic mass is 15.3. The lowest BCUT2D eigenvalue weighted by Crippen LogP contribution is -2.37. The average molecular weight is 166 g/mol. The zero-order valence-electron chi connectivity index (χ0n) is 8.04. The minimum atomic E-state index is 1.19.